The van der Waals surface area contributed by atoms with Crippen LogP contribution in [0.3, 0.4) is 0 Å². The lowest BCUT2D eigenvalue weighted by atomic mass is 9.85. The number of benzene rings is 2. The van der Waals surface area contributed by atoms with Crippen molar-refractivity contribution in [2.75, 3.05) is 13.7 Å². The Labute approximate surface area is 208 Å². The molecule has 2 aromatic rings. The second kappa shape index (κ2) is 9.99. The molecule has 2 aromatic carbocycles. The standard InChI is InChI=1S/C28H30F3NO4/c1-16-11-21(13-22(12-16)28(29,30)31)26-17(2)32(27(34)36-26)15-20-7-5-6-8-23(20)24-14-19(18(3)33)9-10-25(24)35-4/h9-14,17,26H,5-8,15H2,1-4H3/t17-,26-/m0/s1. The number of rotatable bonds is 6. The molecule has 0 aromatic heterocycles. The van der Waals surface area contributed by atoms with Crippen LogP contribution < -0.4 is 4.74 Å². The van der Waals surface area contributed by atoms with E-state index in [1.54, 1.807) is 44.1 Å². The number of alkyl halides is 3. The van der Waals surface area contributed by atoms with Crippen molar-refractivity contribution in [2.45, 2.75) is 64.8 Å². The summed E-state index contributed by atoms with van der Waals surface area (Å²) in [6, 6.07) is 8.68. The van der Waals surface area contributed by atoms with E-state index in [1.807, 2.05) is 6.07 Å². The maximum absolute atomic E-state index is 13.4. The summed E-state index contributed by atoms with van der Waals surface area (Å²) in [4.78, 5) is 26.5. The molecule has 5 nitrogen and oxygen atoms in total. The number of ketones is 1. The Balaban J connectivity index is 1.67. The average molecular weight is 502 g/mol. The van der Waals surface area contributed by atoms with Gasteiger partial charge in [-0.1, -0.05) is 11.6 Å². The highest BCUT2D eigenvalue weighted by molar-refractivity contribution is 5.95. The van der Waals surface area contributed by atoms with Crippen molar-refractivity contribution >= 4 is 17.4 Å². The maximum Gasteiger partial charge on any atom is 0.416 e. The van der Waals surface area contributed by atoms with E-state index in [1.165, 1.54) is 6.92 Å². The van der Waals surface area contributed by atoms with Gasteiger partial charge in [-0.2, -0.15) is 13.2 Å². The summed E-state index contributed by atoms with van der Waals surface area (Å²) in [5.41, 5.74) is 3.54. The van der Waals surface area contributed by atoms with Gasteiger partial charge >= 0.3 is 12.3 Å². The molecule has 1 heterocycles. The number of hydrogen-bond donors (Lipinski definition) is 0. The fraction of sp³-hybridized carbons (Fsp3) is 0.429. The quantitative estimate of drug-likeness (QED) is 0.395. The fourth-order valence-corrected chi connectivity index (χ4v) is 5.14. The normalized spacial score (nSPS) is 20.5. The molecule has 192 valence electrons. The minimum Gasteiger partial charge on any atom is -0.496 e. The molecule has 8 heteroatoms. The van der Waals surface area contributed by atoms with Crippen molar-refractivity contribution in [3.05, 3.63) is 69.8 Å². The molecule has 36 heavy (non-hydrogen) atoms. The van der Waals surface area contributed by atoms with Crippen LogP contribution in [0, 0.1) is 6.92 Å². The van der Waals surface area contributed by atoms with E-state index in [0.717, 1.165) is 54.5 Å². The van der Waals surface area contributed by atoms with Crippen LogP contribution in [0.25, 0.3) is 5.57 Å². The first kappa shape index (κ1) is 25.8. The minimum atomic E-state index is -4.48. The summed E-state index contributed by atoms with van der Waals surface area (Å²) >= 11 is 0. The lowest BCUT2D eigenvalue weighted by Crippen LogP contribution is -2.34. The van der Waals surface area contributed by atoms with E-state index < -0.39 is 30.0 Å². The Morgan fingerprint density at radius 3 is 2.53 bits per heavy atom. The zero-order valence-electron chi connectivity index (χ0n) is 20.9. The molecule has 0 radical (unpaired) electrons. The zero-order valence-corrected chi connectivity index (χ0v) is 20.9. The third-order valence-corrected chi connectivity index (χ3v) is 7.02. The van der Waals surface area contributed by atoms with Gasteiger partial charge in [0.05, 0.1) is 18.7 Å². The average Bonchev–Trinajstić information content (AvgIpc) is 3.11. The first-order valence-electron chi connectivity index (χ1n) is 12.1. The summed E-state index contributed by atoms with van der Waals surface area (Å²) < 4.78 is 51.3. The number of aryl methyl sites for hydroxylation is 1. The Morgan fingerprint density at radius 1 is 1.14 bits per heavy atom. The molecule has 0 spiro atoms. The number of halogens is 3. The number of amides is 1. The fourth-order valence-electron chi connectivity index (χ4n) is 5.14. The van der Waals surface area contributed by atoms with Crippen LogP contribution in [0.1, 0.15) is 78.2 Å². The van der Waals surface area contributed by atoms with Crippen LogP contribution >= 0.6 is 0 Å². The van der Waals surface area contributed by atoms with Crippen LogP contribution in [-0.4, -0.2) is 36.5 Å². The Morgan fingerprint density at radius 2 is 1.86 bits per heavy atom. The number of carbonyl (C=O) groups is 2. The van der Waals surface area contributed by atoms with E-state index in [2.05, 4.69) is 0 Å². The van der Waals surface area contributed by atoms with Gasteiger partial charge in [0.25, 0.3) is 0 Å². The van der Waals surface area contributed by atoms with Crippen LogP contribution in [0.5, 0.6) is 5.75 Å². The third kappa shape index (κ3) is 5.13. The molecule has 0 unspecified atom stereocenters. The largest absolute Gasteiger partial charge is 0.496 e. The van der Waals surface area contributed by atoms with Gasteiger partial charge in [-0.25, -0.2) is 4.79 Å². The molecule has 2 aliphatic rings. The Bertz CT molecular complexity index is 1220. The van der Waals surface area contributed by atoms with Gasteiger partial charge in [-0.15, -0.1) is 0 Å². The molecule has 1 aliphatic heterocycles. The van der Waals surface area contributed by atoms with Crippen molar-refractivity contribution in [1.29, 1.82) is 0 Å². The molecule has 1 amide bonds. The predicted molar refractivity (Wildman–Crippen MR) is 130 cm³/mol. The van der Waals surface area contributed by atoms with Gasteiger partial charge in [0, 0.05) is 17.7 Å². The molecule has 2 atom stereocenters. The van der Waals surface area contributed by atoms with E-state index in [0.29, 0.717) is 29.0 Å². The molecule has 0 N–H and O–H groups in total. The van der Waals surface area contributed by atoms with Crippen molar-refractivity contribution in [3.8, 4) is 5.75 Å². The Kier molecular flexibility index (Phi) is 7.16. The van der Waals surface area contributed by atoms with Gasteiger partial charge in [0.15, 0.2) is 5.78 Å². The number of cyclic esters (lactones) is 1. The smallest absolute Gasteiger partial charge is 0.416 e. The third-order valence-electron chi connectivity index (χ3n) is 7.02. The molecule has 1 saturated heterocycles. The number of Topliss-reactive ketones (excluding diaryl/α,β-unsaturated/α-hetero) is 1. The number of nitrogens with zero attached hydrogens (tertiary/aromatic N) is 1. The molecule has 1 aliphatic carbocycles. The molecule has 4 rings (SSSR count). The number of ether oxygens (including phenoxy) is 2. The lowest BCUT2D eigenvalue weighted by Gasteiger charge is -2.27. The second-order valence-electron chi connectivity index (χ2n) is 9.56. The van der Waals surface area contributed by atoms with Crippen LogP contribution in [0.15, 0.2) is 42.0 Å². The van der Waals surface area contributed by atoms with Gasteiger partial charge in [0.1, 0.15) is 11.9 Å². The van der Waals surface area contributed by atoms with Crippen LogP contribution in [-0.2, 0) is 10.9 Å². The number of allylic oxidation sites excluding steroid dienone is 1. The van der Waals surface area contributed by atoms with E-state index in [-0.39, 0.29) is 5.78 Å². The van der Waals surface area contributed by atoms with Crippen molar-refractivity contribution in [2.24, 2.45) is 0 Å². The van der Waals surface area contributed by atoms with E-state index in [9.17, 15) is 22.8 Å². The highest BCUT2D eigenvalue weighted by atomic mass is 19.4. The van der Waals surface area contributed by atoms with Gasteiger partial charge in [-0.3, -0.25) is 9.69 Å². The number of hydrogen-bond acceptors (Lipinski definition) is 4. The SMILES string of the molecule is COc1ccc(C(C)=O)cc1C1=C(CN2C(=O)O[C@H](c3cc(C)cc(C(F)(F)F)c3)[C@@H]2C)CCCC1. The molecule has 1 fully saturated rings. The molecular weight excluding hydrogens is 471 g/mol. The first-order valence-corrected chi connectivity index (χ1v) is 12.1. The topological polar surface area (TPSA) is 55.8 Å². The summed E-state index contributed by atoms with van der Waals surface area (Å²) in [5.74, 6) is 0.608. The van der Waals surface area contributed by atoms with Crippen LogP contribution in [0.4, 0.5) is 18.0 Å². The summed E-state index contributed by atoms with van der Waals surface area (Å²) in [5, 5.41) is 0. The monoisotopic (exact) mass is 501 g/mol. The zero-order chi connectivity index (χ0) is 26.2. The highest BCUT2D eigenvalue weighted by Gasteiger charge is 2.41. The van der Waals surface area contributed by atoms with E-state index >= 15 is 0 Å². The van der Waals surface area contributed by atoms with Gasteiger partial charge < -0.3 is 9.47 Å². The number of methoxy groups -OCH3 is 1. The van der Waals surface area contributed by atoms with Gasteiger partial charge in [0.2, 0.25) is 0 Å². The van der Waals surface area contributed by atoms with Crippen molar-refractivity contribution < 1.29 is 32.2 Å². The van der Waals surface area contributed by atoms with Crippen molar-refractivity contribution in [1.82, 2.24) is 4.90 Å². The number of carbonyl (C=O) groups excluding carboxylic acids is 2. The van der Waals surface area contributed by atoms with E-state index in [4.69, 9.17) is 9.47 Å². The molecular formula is C28H30F3NO4. The second-order valence-corrected chi connectivity index (χ2v) is 9.56. The summed E-state index contributed by atoms with van der Waals surface area (Å²) in [7, 11) is 1.58. The minimum absolute atomic E-state index is 0.0483. The maximum atomic E-state index is 13.4. The summed E-state index contributed by atoms with van der Waals surface area (Å²) in [6.07, 6.45) is -2.36. The lowest BCUT2D eigenvalue weighted by molar-refractivity contribution is -0.137. The van der Waals surface area contributed by atoms with Gasteiger partial charge in [-0.05, 0) is 93.5 Å². The predicted octanol–water partition coefficient (Wildman–Crippen LogP) is 7.13. The highest BCUT2D eigenvalue weighted by Crippen LogP contribution is 2.41. The van der Waals surface area contributed by atoms with Crippen molar-refractivity contribution in [3.63, 3.8) is 0 Å². The molecule has 0 bridgehead atoms. The van der Waals surface area contributed by atoms with Crippen LogP contribution in [0.2, 0.25) is 0 Å². The Hall–Kier alpha value is -3.29. The summed E-state index contributed by atoms with van der Waals surface area (Å²) in [6.45, 7) is 5.21. The molecule has 0 saturated carbocycles. The first-order chi connectivity index (χ1) is 17.0.